The molecular weight excluding hydrogens is 508 g/mol. The van der Waals surface area contributed by atoms with Gasteiger partial charge >= 0.3 is 0 Å². The fourth-order valence-electron chi connectivity index (χ4n) is 3.92. The van der Waals surface area contributed by atoms with Crippen molar-refractivity contribution in [3.8, 4) is 22.9 Å². The van der Waals surface area contributed by atoms with Gasteiger partial charge in [0, 0.05) is 46.1 Å². The molecule has 0 unspecified atom stereocenters. The van der Waals surface area contributed by atoms with Crippen LogP contribution in [0.2, 0.25) is 31.0 Å². The number of pyridine rings is 1. The molecule has 3 heterocycles. The van der Waals surface area contributed by atoms with Gasteiger partial charge in [0.1, 0.15) is 29.4 Å². The molecule has 0 saturated carbocycles. The van der Waals surface area contributed by atoms with E-state index in [0.717, 1.165) is 34.5 Å². The lowest BCUT2D eigenvalue weighted by Gasteiger charge is -2.20. The van der Waals surface area contributed by atoms with Crippen LogP contribution in [0, 0.1) is 0 Å². The number of rotatable bonds is 11. The summed E-state index contributed by atoms with van der Waals surface area (Å²) in [4.78, 5) is 15.6. The summed E-state index contributed by atoms with van der Waals surface area (Å²) in [6.45, 7) is 8.44. The molecule has 4 rings (SSSR count). The highest BCUT2D eigenvalue weighted by Gasteiger charge is 2.23. The molecule has 0 saturated heterocycles. The first-order valence-electron chi connectivity index (χ1n) is 12.1. The Morgan fingerprint density at radius 2 is 1.84 bits per heavy atom. The Kier molecular flexibility index (Phi) is 8.31. The van der Waals surface area contributed by atoms with Gasteiger partial charge in [-0.15, -0.1) is 0 Å². The quantitative estimate of drug-likeness (QED) is 0.140. The van der Waals surface area contributed by atoms with Crippen molar-refractivity contribution in [3.05, 3.63) is 53.4 Å². The molecule has 37 heavy (non-hydrogen) atoms. The lowest BCUT2D eigenvalue weighted by atomic mass is 10.1. The fourth-order valence-corrected chi connectivity index (χ4v) is 4.85. The SMILES string of the molecule is COc1ccc(CN(C)c2nc(Cl)nc3c(-c4ccccn4)n(COCC[Si](C)(C)C)nc23)c(OC)c1. The average molecular weight is 541 g/mol. The van der Waals surface area contributed by atoms with Crippen LogP contribution in [-0.2, 0) is 18.0 Å². The minimum absolute atomic E-state index is 0.132. The highest BCUT2D eigenvalue weighted by Crippen LogP contribution is 2.33. The third-order valence-electron chi connectivity index (χ3n) is 5.92. The summed E-state index contributed by atoms with van der Waals surface area (Å²) in [6, 6.07) is 12.5. The normalized spacial score (nSPS) is 11.6. The van der Waals surface area contributed by atoms with Gasteiger partial charge in [-0.3, -0.25) is 4.98 Å². The molecule has 0 aliphatic rings. The molecule has 0 atom stereocenters. The summed E-state index contributed by atoms with van der Waals surface area (Å²) in [5.74, 6) is 2.05. The van der Waals surface area contributed by atoms with E-state index in [1.54, 1.807) is 25.1 Å². The Bertz CT molecular complexity index is 1360. The number of ether oxygens (including phenoxy) is 3. The van der Waals surface area contributed by atoms with Gasteiger partial charge in [0.2, 0.25) is 5.28 Å². The molecule has 1 aromatic carbocycles. The first-order valence-corrected chi connectivity index (χ1v) is 16.1. The minimum Gasteiger partial charge on any atom is -0.497 e. The maximum absolute atomic E-state index is 6.44. The summed E-state index contributed by atoms with van der Waals surface area (Å²) in [7, 11) is 3.99. The van der Waals surface area contributed by atoms with Crippen molar-refractivity contribution >= 4 is 36.5 Å². The highest BCUT2D eigenvalue weighted by atomic mass is 35.5. The molecule has 0 radical (unpaired) electrons. The molecule has 4 aromatic rings. The van der Waals surface area contributed by atoms with Crippen molar-refractivity contribution in [1.29, 1.82) is 0 Å². The van der Waals surface area contributed by atoms with E-state index in [-0.39, 0.29) is 12.0 Å². The second-order valence-corrected chi connectivity index (χ2v) is 15.9. The highest BCUT2D eigenvalue weighted by molar-refractivity contribution is 6.76. The van der Waals surface area contributed by atoms with E-state index in [4.69, 9.17) is 30.9 Å². The van der Waals surface area contributed by atoms with Crippen LogP contribution >= 0.6 is 11.6 Å². The van der Waals surface area contributed by atoms with Crippen LogP contribution in [0.25, 0.3) is 22.4 Å². The maximum atomic E-state index is 6.44. The lowest BCUT2D eigenvalue weighted by Crippen LogP contribution is -2.22. The van der Waals surface area contributed by atoms with Crippen molar-refractivity contribution in [1.82, 2.24) is 24.7 Å². The summed E-state index contributed by atoms with van der Waals surface area (Å²) >= 11 is 6.44. The van der Waals surface area contributed by atoms with Gasteiger partial charge in [-0.2, -0.15) is 10.1 Å². The molecule has 0 bridgehead atoms. The molecular formula is C26H33ClN6O3Si. The molecule has 0 amide bonds. The first kappa shape index (κ1) is 26.8. The minimum atomic E-state index is -1.22. The van der Waals surface area contributed by atoms with Crippen LogP contribution in [0.3, 0.4) is 0 Å². The molecule has 0 aliphatic heterocycles. The summed E-state index contributed by atoms with van der Waals surface area (Å²) in [5, 5.41) is 5.02. The standard InChI is InChI=1S/C26H33ClN6O3Si/c1-32(16-18-10-11-19(34-2)15-21(18)35-3)25-23-22(29-26(27)30-25)24(20-9-7-8-12-28-20)33(31-23)17-36-13-14-37(4,5)6/h7-12,15H,13-14,16-17H2,1-6H3. The molecule has 9 nitrogen and oxygen atoms in total. The number of methoxy groups -OCH3 is 2. The molecule has 196 valence electrons. The number of hydrogen-bond acceptors (Lipinski definition) is 8. The van der Waals surface area contributed by atoms with Gasteiger partial charge in [0.05, 0.1) is 19.9 Å². The van der Waals surface area contributed by atoms with Crippen LogP contribution in [0.15, 0.2) is 42.6 Å². The number of halogens is 1. The van der Waals surface area contributed by atoms with Crippen molar-refractivity contribution in [2.75, 3.05) is 32.8 Å². The third-order valence-corrected chi connectivity index (χ3v) is 7.80. The molecule has 0 N–H and O–H groups in total. The van der Waals surface area contributed by atoms with Crippen molar-refractivity contribution in [2.24, 2.45) is 0 Å². The van der Waals surface area contributed by atoms with Crippen molar-refractivity contribution in [3.63, 3.8) is 0 Å². The number of benzene rings is 1. The van der Waals surface area contributed by atoms with Gasteiger partial charge in [-0.25, -0.2) is 9.67 Å². The molecule has 3 aromatic heterocycles. The predicted molar refractivity (Wildman–Crippen MR) is 149 cm³/mol. The zero-order valence-electron chi connectivity index (χ0n) is 22.2. The fraction of sp³-hybridized carbons (Fsp3) is 0.385. The summed E-state index contributed by atoms with van der Waals surface area (Å²) in [6.07, 6.45) is 1.75. The largest absolute Gasteiger partial charge is 0.497 e. The topological polar surface area (TPSA) is 87.4 Å². The molecule has 11 heteroatoms. The van der Waals surface area contributed by atoms with E-state index in [9.17, 15) is 0 Å². The number of anilines is 1. The number of fused-ring (bicyclic) bond motifs is 1. The molecule has 0 spiro atoms. The van der Waals surface area contributed by atoms with E-state index in [0.29, 0.717) is 30.0 Å². The Hall–Kier alpha value is -3.21. The van der Waals surface area contributed by atoms with E-state index in [2.05, 4.69) is 34.6 Å². The zero-order chi connectivity index (χ0) is 26.6. The van der Waals surface area contributed by atoms with Crippen LogP contribution in [0.1, 0.15) is 5.56 Å². The van der Waals surface area contributed by atoms with Gasteiger partial charge in [0.25, 0.3) is 0 Å². The summed E-state index contributed by atoms with van der Waals surface area (Å²) < 4.78 is 18.8. The number of aromatic nitrogens is 5. The van der Waals surface area contributed by atoms with Crippen LogP contribution < -0.4 is 14.4 Å². The van der Waals surface area contributed by atoms with Crippen molar-refractivity contribution in [2.45, 2.75) is 39.0 Å². The second-order valence-electron chi connectivity index (χ2n) is 9.96. The average Bonchev–Trinajstić information content (AvgIpc) is 3.24. The van der Waals surface area contributed by atoms with Gasteiger partial charge in [0.15, 0.2) is 11.3 Å². The third kappa shape index (κ3) is 6.38. The number of hydrogen-bond donors (Lipinski definition) is 0. The smallest absolute Gasteiger partial charge is 0.225 e. The lowest BCUT2D eigenvalue weighted by molar-refractivity contribution is 0.0802. The van der Waals surface area contributed by atoms with Crippen LogP contribution in [0.5, 0.6) is 11.5 Å². The van der Waals surface area contributed by atoms with Gasteiger partial charge < -0.3 is 19.1 Å². The number of nitrogens with zero attached hydrogens (tertiary/aromatic N) is 6. The van der Waals surface area contributed by atoms with E-state index in [1.165, 1.54) is 0 Å². The Morgan fingerprint density at radius 1 is 1.03 bits per heavy atom. The Morgan fingerprint density at radius 3 is 2.51 bits per heavy atom. The monoisotopic (exact) mass is 540 g/mol. The maximum Gasteiger partial charge on any atom is 0.225 e. The van der Waals surface area contributed by atoms with E-state index < -0.39 is 8.07 Å². The first-order chi connectivity index (χ1) is 17.7. The van der Waals surface area contributed by atoms with E-state index in [1.807, 2.05) is 48.3 Å². The zero-order valence-corrected chi connectivity index (χ0v) is 23.9. The van der Waals surface area contributed by atoms with Crippen molar-refractivity contribution < 1.29 is 14.2 Å². The molecule has 0 aliphatic carbocycles. The second kappa shape index (κ2) is 11.5. The van der Waals surface area contributed by atoms with Crippen LogP contribution in [-0.4, -0.2) is 60.7 Å². The van der Waals surface area contributed by atoms with E-state index >= 15 is 0 Å². The van der Waals surface area contributed by atoms with Gasteiger partial charge in [-0.05, 0) is 41.9 Å². The van der Waals surface area contributed by atoms with Crippen LogP contribution in [0.4, 0.5) is 5.82 Å². The predicted octanol–water partition coefficient (Wildman–Crippen LogP) is 5.51. The van der Waals surface area contributed by atoms with Gasteiger partial charge in [-0.1, -0.05) is 25.7 Å². The Balaban J connectivity index is 1.74. The Labute approximate surface area is 223 Å². The summed E-state index contributed by atoms with van der Waals surface area (Å²) in [5.41, 5.74) is 3.68. The molecule has 0 fully saturated rings.